The Morgan fingerprint density at radius 2 is 2.12 bits per heavy atom. The first-order chi connectivity index (χ1) is 7.36. The van der Waals surface area contributed by atoms with Crippen molar-refractivity contribution in [2.24, 2.45) is 5.73 Å². The summed E-state index contributed by atoms with van der Waals surface area (Å²) >= 11 is 1.29. The van der Waals surface area contributed by atoms with Crippen molar-refractivity contribution in [3.8, 4) is 0 Å². The maximum absolute atomic E-state index is 11.7. The molecule has 1 aromatic rings. The molecule has 0 amide bonds. The van der Waals surface area contributed by atoms with Crippen LogP contribution in [0, 0.1) is 0 Å². The minimum atomic E-state index is -3.40. The summed E-state index contributed by atoms with van der Waals surface area (Å²) in [4.78, 5) is 4.20. The predicted molar refractivity (Wildman–Crippen MR) is 67.3 cm³/mol. The van der Waals surface area contributed by atoms with Gasteiger partial charge in [-0.2, -0.15) is 0 Å². The maximum atomic E-state index is 11.7. The number of thiazole rings is 1. The molecule has 16 heavy (non-hydrogen) atoms. The average molecular weight is 263 g/mol. The van der Waals surface area contributed by atoms with Gasteiger partial charge in [-0.1, -0.05) is 13.8 Å². The van der Waals surface area contributed by atoms with Gasteiger partial charge in [-0.05, 0) is 12.8 Å². The zero-order chi connectivity index (χ0) is 12.3. The lowest BCUT2D eigenvalue weighted by atomic mass is 10.2. The molecule has 3 N–H and O–H groups in total. The lowest BCUT2D eigenvalue weighted by molar-refractivity contribution is 0.589. The Morgan fingerprint density at radius 1 is 1.50 bits per heavy atom. The van der Waals surface area contributed by atoms with Crippen LogP contribution in [0.3, 0.4) is 0 Å². The topological polar surface area (TPSA) is 85.1 Å². The fourth-order valence-electron chi connectivity index (χ4n) is 0.947. The Morgan fingerprint density at radius 3 is 2.56 bits per heavy atom. The van der Waals surface area contributed by atoms with Crippen LogP contribution in [0.25, 0.3) is 0 Å². The summed E-state index contributed by atoms with van der Waals surface area (Å²) in [7, 11) is -3.40. The number of hydrogen-bond acceptors (Lipinski definition) is 5. The highest BCUT2D eigenvalue weighted by Crippen LogP contribution is 2.22. The highest BCUT2D eigenvalue weighted by Gasteiger charge is 2.20. The van der Waals surface area contributed by atoms with Gasteiger partial charge in [-0.15, -0.1) is 11.3 Å². The first-order valence-electron chi connectivity index (χ1n) is 5.04. The van der Waals surface area contributed by atoms with E-state index in [2.05, 4.69) is 9.71 Å². The van der Waals surface area contributed by atoms with E-state index in [9.17, 15) is 8.42 Å². The zero-order valence-corrected chi connectivity index (χ0v) is 11.2. The van der Waals surface area contributed by atoms with Gasteiger partial charge < -0.3 is 5.73 Å². The minimum absolute atomic E-state index is 0.0950. The summed E-state index contributed by atoms with van der Waals surface area (Å²) in [6, 6.07) is 0. The summed E-state index contributed by atoms with van der Waals surface area (Å²) in [5, 5.41) is 1.65. The molecule has 1 rings (SSSR count). The molecule has 1 aromatic heterocycles. The average Bonchev–Trinajstić information content (AvgIpc) is 2.64. The molecule has 0 fully saturated rings. The van der Waals surface area contributed by atoms with Gasteiger partial charge in [0.15, 0.2) is 5.13 Å². The predicted octanol–water partition coefficient (Wildman–Crippen LogP) is 1.36. The molecule has 5 nitrogen and oxygen atoms in total. The van der Waals surface area contributed by atoms with Gasteiger partial charge in [0.25, 0.3) is 0 Å². The van der Waals surface area contributed by atoms with Crippen molar-refractivity contribution >= 4 is 26.5 Å². The molecule has 1 unspecified atom stereocenters. The van der Waals surface area contributed by atoms with E-state index in [1.54, 1.807) is 6.92 Å². The second-order valence-electron chi connectivity index (χ2n) is 3.93. The highest BCUT2D eigenvalue weighted by molar-refractivity contribution is 7.93. The van der Waals surface area contributed by atoms with E-state index in [0.29, 0.717) is 11.0 Å². The van der Waals surface area contributed by atoms with Crippen molar-refractivity contribution < 1.29 is 8.42 Å². The number of nitrogens with one attached hydrogen (secondary N) is 1. The third kappa shape index (κ3) is 3.16. The van der Waals surface area contributed by atoms with Gasteiger partial charge >= 0.3 is 0 Å². The first kappa shape index (κ1) is 13.4. The second-order valence-corrected chi connectivity index (χ2v) is 6.88. The molecule has 0 aromatic carbocycles. The molecule has 0 spiro atoms. The summed E-state index contributed by atoms with van der Waals surface area (Å²) in [5.41, 5.74) is 6.22. The number of aromatic nitrogens is 1. The van der Waals surface area contributed by atoms with Crippen LogP contribution in [-0.2, 0) is 10.0 Å². The number of rotatable bonds is 5. The molecule has 0 radical (unpaired) electrons. The van der Waals surface area contributed by atoms with Crippen molar-refractivity contribution in [1.82, 2.24) is 4.98 Å². The summed E-state index contributed by atoms with van der Waals surface area (Å²) in [6.07, 6.45) is 0. The zero-order valence-electron chi connectivity index (χ0n) is 9.60. The van der Waals surface area contributed by atoms with Crippen LogP contribution in [0.1, 0.15) is 32.4 Å². The van der Waals surface area contributed by atoms with Gasteiger partial charge in [0.2, 0.25) is 10.0 Å². The molecular weight excluding hydrogens is 246 g/mol. The van der Waals surface area contributed by atoms with Crippen LogP contribution in [0.5, 0.6) is 0 Å². The smallest absolute Gasteiger partial charge is 0.238 e. The lowest BCUT2D eigenvalue weighted by Gasteiger charge is -2.10. The largest absolute Gasteiger partial charge is 0.329 e. The lowest BCUT2D eigenvalue weighted by Crippen LogP contribution is -2.31. The van der Waals surface area contributed by atoms with Crippen LogP contribution in [0.15, 0.2) is 5.38 Å². The van der Waals surface area contributed by atoms with Gasteiger partial charge in [0, 0.05) is 11.9 Å². The summed E-state index contributed by atoms with van der Waals surface area (Å²) < 4.78 is 25.8. The van der Waals surface area contributed by atoms with Crippen molar-refractivity contribution in [2.45, 2.75) is 31.9 Å². The molecule has 0 aliphatic heterocycles. The third-order valence-electron chi connectivity index (χ3n) is 2.20. The monoisotopic (exact) mass is 263 g/mol. The third-order valence-corrected chi connectivity index (χ3v) is 4.84. The van der Waals surface area contributed by atoms with E-state index < -0.39 is 15.3 Å². The number of anilines is 1. The van der Waals surface area contributed by atoms with E-state index in [4.69, 9.17) is 5.73 Å². The van der Waals surface area contributed by atoms with Gasteiger partial charge in [-0.25, -0.2) is 13.4 Å². The molecule has 0 saturated carbocycles. The molecule has 0 aliphatic rings. The highest BCUT2D eigenvalue weighted by atomic mass is 32.2. The standard InChI is InChI=1S/C9H17N3O2S2/c1-6(2)8-5-15-9(11-8)12-16(13,14)7(3)4-10/h5-7H,4,10H2,1-3H3,(H,11,12). The number of nitrogens with zero attached hydrogens (tertiary/aromatic N) is 1. The summed E-state index contributed by atoms with van der Waals surface area (Å²) in [6.45, 7) is 5.68. The molecule has 92 valence electrons. The van der Waals surface area contributed by atoms with Gasteiger partial charge in [-0.3, -0.25) is 4.72 Å². The van der Waals surface area contributed by atoms with Crippen molar-refractivity contribution in [2.75, 3.05) is 11.3 Å². The van der Waals surface area contributed by atoms with Crippen LogP contribution in [-0.4, -0.2) is 25.2 Å². The first-order valence-corrected chi connectivity index (χ1v) is 7.46. The maximum Gasteiger partial charge on any atom is 0.238 e. The van der Waals surface area contributed by atoms with Gasteiger partial charge in [0.05, 0.1) is 10.9 Å². The van der Waals surface area contributed by atoms with Crippen molar-refractivity contribution in [1.29, 1.82) is 0 Å². The number of hydrogen-bond donors (Lipinski definition) is 2. The Kier molecular flexibility index (Phi) is 4.28. The molecule has 1 atom stereocenters. The minimum Gasteiger partial charge on any atom is -0.329 e. The Balaban J connectivity index is 2.81. The van der Waals surface area contributed by atoms with Crippen LogP contribution >= 0.6 is 11.3 Å². The molecular formula is C9H17N3O2S2. The Bertz CT molecular complexity index is 439. The number of sulfonamides is 1. The SMILES string of the molecule is CC(C)c1csc(NS(=O)(=O)C(C)CN)n1. The Labute approximate surface area is 100 Å². The van der Waals surface area contributed by atoms with Crippen LogP contribution in [0.4, 0.5) is 5.13 Å². The van der Waals surface area contributed by atoms with Gasteiger partial charge in [0.1, 0.15) is 0 Å². The summed E-state index contributed by atoms with van der Waals surface area (Å²) in [5.74, 6) is 0.293. The van der Waals surface area contributed by atoms with E-state index in [0.717, 1.165) is 5.69 Å². The van der Waals surface area contributed by atoms with E-state index in [-0.39, 0.29) is 6.54 Å². The van der Waals surface area contributed by atoms with E-state index >= 15 is 0 Å². The van der Waals surface area contributed by atoms with Crippen LogP contribution in [0.2, 0.25) is 0 Å². The molecule has 7 heteroatoms. The molecule has 0 saturated heterocycles. The van der Waals surface area contributed by atoms with E-state index in [1.165, 1.54) is 11.3 Å². The molecule has 1 heterocycles. The quantitative estimate of drug-likeness (QED) is 0.840. The van der Waals surface area contributed by atoms with Crippen LogP contribution < -0.4 is 10.5 Å². The normalized spacial score (nSPS) is 14.1. The van der Waals surface area contributed by atoms with E-state index in [1.807, 2.05) is 19.2 Å². The fraction of sp³-hybridized carbons (Fsp3) is 0.667. The molecule has 0 bridgehead atoms. The second kappa shape index (κ2) is 5.11. The van der Waals surface area contributed by atoms with Crippen molar-refractivity contribution in [3.05, 3.63) is 11.1 Å². The molecule has 0 aliphatic carbocycles. The fourth-order valence-corrected chi connectivity index (χ4v) is 2.95. The number of nitrogens with two attached hydrogens (primary N) is 1. The van der Waals surface area contributed by atoms with Crippen molar-refractivity contribution in [3.63, 3.8) is 0 Å². The Hall–Kier alpha value is -0.660.